The summed E-state index contributed by atoms with van der Waals surface area (Å²) in [7, 11) is 1.51. The standard InChI is InChI=1S/C16H14INO3/c1-21-15-9-12(10-19)8-13(17)16(15)14(20)3-2-11-4-6-18-7-5-11/h2-9,19H,10H2,1H3/b3-2+. The number of aliphatic hydroxyl groups is 1. The highest BCUT2D eigenvalue weighted by Crippen LogP contribution is 2.27. The van der Waals surface area contributed by atoms with Gasteiger partial charge in [-0.15, -0.1) is 0 Å². The number of aliphatic hydroxyl groups excluding tert-OH is 1. The molecule has 0 saturated heterocycles. The van der Waals surface area contributed by atoms with E-state index in [1.54, 1.807) is 30.6 Å². The maximum atomic E-state index is 12.4. The topological polar surface area (TPSA) is 59.4 Å². The van der Waals surface area contributed by atoms with E-state index in [9.17, 15) is 9.90 Å². The van der Waals surface area contributed by atoms with E-state index in [0.717, 1.165) is 9.13 Å². The molecule has 0 spiro atoms. The van der Waals surface area contributed by atoms with Crippen LogP contribution in [0.15, 0.2) is 42.7 Å². The van der Waals surface area contributed by atoms with Crippen molar-refractivity contribution in [1.82, 2.24) is 4.98 Å². The lowest BCUT2D eigenvalue weighted by molar-refractivity contribution is 0.104. The Morgan fingerprint density at radius 3 is 2.71 bits per heavy atom. The van der Waals surface area contributed by atoms with Crippen molar-refractivity contribution < 1.29 is 14.6 Å². The third kappa shape index (κ3) is 3.89. The van der Waals surface area contributed by atoms with Crippen LogP contribution in [0.5, 0.6) is 5.75 Å². The second-order valence-corrected chi connectivity index (χ2v) is 5.45. The molecular formula is C16H14INO3. The maximum Gasteiger partial charge on any atom is 0.190 e. The molecule has 0 fully saturated rings. The number of carbonyl (C=O) groups is 1. The normalized spacial score (nSPS) is 10.8. The molecular weight excluding hydrogens is 381 g/mol. The highest BCUT2D eigenvalue weighted by Gasteiger charge is 2.15. The number of methoxy groups -OCH3 is 1. The number of carbonyl (C=O) groups excluding carboxylic acids is 1. The summed E-state index contributed by atoms with van der Waals surface area (Å²) in [5.41, 5.74) is 2.12. The third-order valence-electron chi connectivity index (χ3n) is 2.90. The van der Waals surface area contributed by atoms with Crippen molar-refractivity contribution in [2.45, 2.75) is 6.61 Å². The van der Waals surface area contributed by atoms with Crippen LogP contribution in [-0.4, -0.2) is 23.0 Å². The highest BCUT2D eigenvalue weighted by molar-refractivity contribution is 14.1. The Bertz CT molecular complexity index is 669. The number of aromatic nitrogens is 1. The average molecular weight is 395 g/mol. The van der Waals surface area contributed by atoms with Crippen LogP contribution < -0.4 is 4.74 Å². The Hall–Kier alpha value is -1.73. The van der Waals surface area contributed by atoms with Crippen molar-refractivity contribution in [3.05, 3.63) is 63.0 Å². The van der Waals surface area contributed by atoms with Gasteiger partial charge in [-0.3, -0.25) is 9.78 Å². The van der Waals surface area contributed by atoms with E-state index < -0.39 is 0 Å². The molecule has 0 unspecified atom stereocenters. The molecule has 1 aromatic carbocycles. The molecule has 0 aliphatic rings. The van der Waals surface area contributed by atoms with E-state index >= 15 is 0 Å². The fourth-order valence-electron chi connectivity index (χ4n) is 1.86. The van der Waals surface area contributed by atoms with E-state index in [1.165, 1.54) is 13.2 Å². The van der Waals surface area contributed by atoms with E-state index in [4.69, 9.17) is 4.74 Å². The Kier molecular flexibility index (Phi) is 5.46. The number of benzene rings is 1. The van der Waals surface area contributed by atoms with Crippen LogP contribution in [0, 0.1) is 3.57 Å². The molecule has 2 aromatic rings. The zero-order valence-electron chi connectivity index (χ0n) is 11.4. The Balaban J connectivity index is 2.33. The van der Waals surface area contributed by atoms with Gasteiger partial charge in [-0.05, 0) is 64.1 Å². The zero-order chi connectivity index (χ0) is 15.2. The largest absolute Gasteiger partial charge is 0.496 e. The van der Waals surface area contributed by atoms with Gasteiger partial charge in [0.2, 0.25) is 0 Å². The van der Waals surface area contributed by atoms with Crippen molar-refractivity contribution in [2.75, 3.05) is 7.11 Å². The zero-order valence-corrected chi connectivity index (χ0v) is 13.6. The summed E-state index contributed by atoms with van der Waals surface area (Å²) in [6.07, 6.45) is 6.59. The molecule has 0 radical (unpaired) electrons. The first-order chi connectivity index (χ1) is 10.2. The molecule has 4 nitrogen and oxygen atoms in total. The van der Waals surface area contributed by atoms with Crippen LogP contribution >= 0.6 is 22.6 Å². The number of ketones is 1. The van der Waals surface area contributed by atoms with Crippen LogP contribution in [0.1, 0.15) is 21.5 Å². The molecule has 0 saturated carbocycles. The quantitative estimate of drug-likeness (QED) is 0.480. The van der Waals surface area contributed by atoms with Crippen LogP contribution in [0.25, 0.3) is 6.08 Å². The van der Waals surface area contributed by atoms with Gasteiger partial charge in [-0.1, -0.05) is 6.08 Å². The number of ether oxygens (including phenoxy) is 1. The molecule has 21 heavy (non-hydrogen) atoms. The number of nitrogens with zero attached hydrogens (tertiary/aromatic N) is 1. The summed E-state index contributed by atoms with van der Waals surface area (Å²) in [4.78, 5) is 16.3. The first-order valence-corrected chi connectivity index (χ1v) is 7.33. The van der Waals surface area contributed by atoms with Gasteiger partial charge in [0.05, 0.1) is 19.3 Å². The van der Waals surface area contributed by atoms with Crippen molar-refractivity contribution in [3.63, 3.8) is 0 Å². The van der Waals surface area contributed by atoms with Crippen LogP contribution in [0.4, 0.5) is 0 Å². The Morgan fingerprint density at radius 2 is 2.10 bits per heavy atom. The molecule has 0 bridgehead atoms. The second-order valence-electron chi connectivity index (χ2n) is 4.29. The van der Waals surface area contributed by atoms with Gasteiger partial charge in [-0.2, -0.15) is 0 Å². The molecule has 1 aromatic heterocycles. The third-order valence-corrected chi connectivity index (χ3v) is 3.75. The smallest absolute Gasteiger partial charge is 0.190 e. The summed E-state index contributed by atoms with van der Waals surface area (Å²) in [5.74, 6) is 0.327. The van der Waals surface area contributed by atoms with Gasteiger partial charge < -0.3 is 9.84 Å². The van der Waals surface area contributed by atoms with Gasteiger partial charge in [0.1, 0.15) is 5.75 Å². The number of hydrogen-bond acceptors (Lipinski definition) is 4. The lowest BCUT2D eigenvalue weighted by Gasteiger charge is -2.10. The number of rotatable bonds is 5. The molecule has 0 atom stereocenters. The minimum atomic E-state index is -0.141. The lowest BCUT2D eigenvalue weighted by Crippen LogP contribution is -2.03. The van der Waals surface area contributed by atoms with Crippen molar-refractivity contribution >= 4 is 34.5 Å². The van der Waals surface area contributed by atoms with Gasteiger partial charge in [0.25, 0.3) is 0 Å². The second kappa shape index (κ2) is 7.33. The fraction of sp³-hybridized carbons (Fsp3) is 0.125. The molecule has 0 aliphatic heterocycles. The van der Waals surface area contributed by atoms with Crippen LogP contribution in [-0.2, 0) is 6.61 Å². The van der Waals surface area contributed by atoms with Crippen molar-refractivity contribution in [2.24, 2.45) is 0 Å². The van der Waals surface area contributed by atoms with Crippen molar-refractivity contribution in [3.8, 4) is 5.75 Å². The molecule has 1 heterocycles. The summed E-state index contributed by atoms with van der Waals surface area (Å²) in [5, 5.41) is 9.20. The maximum absolute atomic E-state index is 12.4. The first kappa shape index (κ1) is 15.7. The molecule has 108 valence electrons. The predicted octanol–water partition coefficient (Wildman–Crippen LogP) is 3.08. The van der Waals surface area contributed by atoms with Crippen molar-refractivity contribution in [1.29, 1.82) is 0 Å². The van der Waals surface area contributed by atoms with E-state index in [2.05, 4.69) is 27.6 Å². The minimum absolute atomic E-state index is 0.0896. The average Bonchev–Trinajstić information content (AvgIpc) is 2.52. The fourth-order valence-corrected chi connectivity index (χ4v) is 2.79. The van der Waals surface area contributed by atoms with Gasteiger partial charge in [-0.25, -0.2) is 0 Å². The van der Waals surface area contributed by atoms with E-state index in [1.807, 2.05) is 12.1 Å². The number of pyridine rings is 1. The lowest BCUT2D eigenvalue weighted by atomic mass is 10.1. The van der Waals surface area contributed by atoms with E-state index in [0.29, 0.717) is 16.9 Å². The highest BCUT2D eigenvalue weighted by atomic mass is 127. The van der Waals surface area contributed by atoms with Gasteiger partial charge in [0.15, 0.2) is 5.78 Å². The number of halogens is 1. The van der Waals surface area contributed by atoms with Gasteiger partial charge in [0, 0.05) is 16.0 Å². The molecule has 2 rings (SSSR count). The monoisotopic (exact) mass is 395 g/mol. The number of hydrogen-bond donors (Lipinski definition) is 1. The van der Waals surface area contributed by atoms with Gasteiger partial charge >= 0.3 is 0 Å². The number of allylic oxidation sites excluding steroid dienone is 1. The van der Waals surface area contributed by atoms with Crippen LogP contribution in [0.3, 0.4) is 0 Å². The summed E-state index contributed by atoms with van der Waals surface area (Å²) in [6, 6.07) is 7.09. The Labute approximate surface area is 136 Å². The van der Waals surface area contributed by atoms with Crippen LogP contribution in [0.2, 0.25) is 0 Å². The summed E-state index contributed by atoms with van der Waals surface area (Å²) in [6.45, 7) is -0.0896. The molecule has 1 N–H and O–H groups in total. The molecule has 0 aliphatic carbocycles. The first-order valence-electron chi connectivity index (χ1n) is 6.25. The van der Waals surface area contributed by atoms with E-state index in [-0.39, 0.29) is 12.4 Å². The summed E-state index contributed by atoms with van der Waals surface area (Å²) < 4.78 is 6.01. The summed E-state index contributed by atoms with van der Waals surface area (Å²) >= 11 is 2.07. The SMILES string of the molecule is COc1cc(CO)cc(I)c1C(=O)/C=C/c1ccncc1. The molecule has 0 amide bonds. The minimum Gasteiger partial charge on any atom is -0.496 e. The predicted molar refractivity (Wildman–Crippen MR) is 89.2 cm³/mol. The Morgan fingerprint density at radius 1 is 1.38 bits per heavy atom. The molecule has 5 heteroatoms.